The fourth-order valence-corrected chi connectivity index (χ4v) is 3.93. The van der Waals surface area contributed by atoms with Crippen LogP contribution in [0.25, 0.3) is 0 Å². The summed E-state index contributed by atoms with van der Waals surface area (Å²) < 4.78 is 0. The fourth-order valence-electron chi connectivity index (χ4n) is 3.93. The van der Waals surface area contributed by atoms with E-state index in [9.17, 15) is 0 Å². The molecule has 6 aliphatic rings. The van der Waals surface area contributed by atoms with Crippen LogP contribution in [0.15, 0.2) is 0 Å². The van der Waals surface area contributed by atoms with Gasteiger partial charge in [-0.05, 0) is 69.6 Å². The van der Waals surface area contributed by atoms with Crippen LogP contribution in [0.5, 0.6) is 0 Å². The highest BCUT2D eigenvalue weighted by Crippen LogP contribution is 2.37. The van der Waals surface area contributed by atoms with Gasteiger partial charge in [0.2, 0.25) is 0 Å². The molecule has 4 heterocycles. The molecule has 6 fully saturated rings. The van der Waals surface area contributed by atoms with E-state index in [0.717, 1.165) is 23.9 Å². The van der Waals surface area contributed by atoms with Crippen LogP contribution in [0.1, 0.15) is 57.8 Å². The number of rotatable bonds is 0. The van der Waals surface area contributed by atoms with Crippen molar-refractivity contribution in [3.05, 3.63) is 0 Å². The van der Waals surface area contributed by atoms with Gasteiger partial charge >= 0.3 is 0 Å². The van der Waals surface area contributed by atoms with Gasteiger partial charge in [0.25, 0.3) is 0 Å². The summed E-state index contributed by atoms with van der Waals surface area (Å²) in [5.41, 5.74) is 0. The Bertz CT molecular complexity index is 143. The average Bonchev–Trinajstić information content (AvgIpc) is 2.27. The molecule has 4 bridgehead atoms. The second-order valence-corrected chi connectivity index (χ2v) is 5.84. The Balaban J connectivity index is 1.73. The first-order valence-electron chi connectivity index (χ1n) is 6.66. The molecule has 2 aliphatic carbocycles. The van der Waals surface area contributed by atoms with E-state index in [1.54, 1.807) is 6.42 Å². The lowest BCUT2D eigenvalue weighted by Gasteiger charge is -2.40. The third-order valence-electron chi connectivity index (χ3n) is 4.83. The number of nitrogens with one attached hydrogen (secondary N) is 1. The average molecular weight is 193 g/mol. The second kappa shape index (κ2) is 3.84. The summed E-state index contributed by atoms with van der Waals surface area (Å²) in [5, 5.41) is 3.90. The summed E-state index contributed by atoms with van der Waals surface area (Å²) in [6.45, 7) is 0. The molecule has 0 atom stereocenters. The number of hydrogen-bond donors (Lipinski definition) is 1. The van der Waals surface area contributed by atoms with E-state index in [0.29, 0.717) is 0 Å². The Kier molecular flexibility index (Phi) is 2.53. The molecule has 2 saturated carbocycles. The quantitative estimate of drug-likeness (QED) is 0.623. The number of hydrogen-bond acceptors (Lipinski definition) is 1. The van der Waals surface area contributed by atoms with Crippen LogP contribution in [0, 0.1) is 11.8 Å². The van der Waals surface area contributed by atoms with Crippen molar-refractivity contribution in [2.24, 2.45) is 11.8 Å². The highest BCUT2D eigenvalue weighted by atomic mass is 15.0. The summed E-state index contributed by atoms with van der Waals surface area (Å²) in [5.74, 6) is 2.18. The molecule has 0 spiro atoms. The molecule has 0 unspecified atom stereocenters. The van der Waals surface area contributed by atoms with Crippen LogP contribution < -0.4 is 5.32 Å². The van der Waals surface area contributed by atoms with Gasteiger partial charge in [-0.2, -0.15) is 0 Å². The minimum absolute atomic E-state index is 0.880. The Labute approximate surface area is 87.7 Å². The zero-order valence-electron chi connectivity index (χ0n) is 9.17. The molecule has 80 valence electrons. The van der Waals surface area contributed by atoms with Gasteiger partial charge in [0.1, 0.15) is 0 Å². The smallest absolute Gasteiger partial charge is 0.00698 e. The van der Waals surface area contributed by atoms with E-state index in [1.807, 2.05) is 0 Å². The van der Waals surface area contributed by atoms with E-state index < -0.39 is 0 Å². The molecule has 6 rings (SSSR count). The Morgan fingerprint density at radius 2 is 1.00 bits per heavy atom. The Morgan fingerprint density at radius 3 is 1.43 bits per heavy atom. The highest BCUT2D eigenvalue weighted by molar-refractivity contribution is 4.87. The van der Waals surface area contributed by atoms with Gasteiger partial charge in [-0.1, -0.05) is 0 Å². The molecule has 1 N–H and O–H groups in total. The molecule has 1 nitrogen and oxygen atoms in total. The molecule has 4 saturated heterocycles. The van der Waals surface area contributed by atoms with Crippen molar-refractivity contribution in [2.45, 2.75) is 69.9 Å². The van der Waals surface area contributed by atoms with E-state index >= 15 is 0 Å². The van der Waals surface area contributed by atoms with Crippen molar-refractivity contribution in [1.29, 1.82) is 0 Å². The summed E-state index contributed by atoms with van der Waals surface area (Å²) in [7, 11) is 0. The van der Waals surface area contributed by atoms with E-state index in [2.05, 4.69) is 5.32 Å². The van der Waals surface area contributed by atoms with Gasteiger partial charge < -0.3 is 5.32 Å². The van der Waals surface area contributed by atoms with Gasteiger partial charge in [0.05, 0.1) is 0 Å². The topological polar surface area (TPSA) is 12.0 Å². The zero-order chi connectivity index (χ0) is 9.38. The van der Waals surface area contributed by atoms with Crippen molar-refractivity contribution in [3.8, 4) is 0 Å². The van der Waals surface area contributed by atoms with Crippen LogP contribution in [-0.2, 0) is 0 Å². The lowest BCUT2D eigenvalue weighted by atomic mass is 9.73. The first-order valence-corrected chi connectivity index (χ1v) is 6.66. The van der Waals surface area contributed by atoms with Crippen LogP contribution in [0.4, 0.5) is 0 Å². The van der Waals surface area contributed by atoms with Crippen LogP contribution >= 0.6 is 0 Å². The van der Waals surface area contributed by atoms with Crippen LogP contribution in [-0.4, -0.2) is 12.1 Å². The van der Waals surface area contributed by atoms with Gasteiger partial charge in [0, 0.05) is 12.1 Å². The fraction of sp³-hybridized carbons (Fsp3) is 1.00. The van der Waals surface area contributed by atoms with Crippen LogP contribution in [0.2, 0.25) is 0 Å². The lowest BCUT2D eigenvalue weighted by Crippen LogP contribution is -2.44. The van der Waals surface area contributed by atoms with E-state index in [4.69, 9.17) is 0 Å². The Hall–Kier alpha value is -0.0400. The third kappa shape index (κ3) is 1.84. The minimum Gasteiger partial charge on any atom is -0.311 e. The normalized spacial score (nSPS) is 48.0. The van der Waals surface area contributed by atoms with Gasteiger partial charge in [-0.15, -0.1) is 0 Å². The monoisotopic (exact) mass is 193 g/mol. The molecule has 0 aromatic rings. The maximum absolute atomic E-state index is 3.90. The maximum atomic E-state index is 3.90. The van der Waals surface area contributed by atoms with Crippen molar-refractivity contribution in [2.75, 3.05) is 0 Å². The van der Waals surface area contributed by atoms with Gasteiger partial charge in [-0.3, -0.25) is 0 Å². The largest absolute Gasteiger partial charge is 0.311 e. The molecule has 1 heteroatoms. The third-order valence-corrected chi connectivity index (χ3v) is 4.83. The van der Waals surface area contributed by atoms with Gasteiger partial charge in [0.15, 0.2) is 0 Å². The Morgan fingerprint density at radius 1 is 0.571 bits per heavy atom. The van der Waals surface area contributed by atoms with Crippen molar-refractivity contribution in [3.63, 3.8) is 0 Å². The molecule has 4 aliphatic heterocycles. The van der Waals surface area contributed by atoms with Crippen molar-refractivity contribution >= 4 is 0 Å². The lowest BCUT2D eigenvalue weighted by molar-refractivity contribution is 0.162. The molecule has 14 heavy (non-hydrogen) atoms. The molecule has 0 amide bonds. The van der Waals surface area contributed by atoms with Gasteiger partial charge in [-0.25, -0.2) is 0 Å². The second-order valence-electron chi connectivity index (χ2n) is 5.84. The molecular formula is C13H23N. The minimum atomic E-state index is 0.880. The predicted molar refractivity (Wildman–Crippen MR) is 59.2 cm³/mol. The predicted octanol–water partition coefficient (Wildman–Crippen LogP) is 3.10. The first-order chi connectivity index (χ1) is 6.90. The maximum Gasteiger partial charge on any atom is 0.00698 e. The first kappa shape index (κ1) is 9.21. The molecule has 0 aromatic carbocycles. The summed E-state index contributed by atoms with van der Waals surface area (Å²) >= 11 is 0. The van der Waals surface area contributed by atoms with Crippen LogP contribution in [0.3, 0.4) is 0 Å². The molecule has 0 aromatic heterocycles. The summed E-state index contributed by atoms with van der Waals surface area (Å²) in [6, 6.07) is 1.76. The van der Waals surface area contributed by atoms with E-state index in [1.165, 1.54) is 51.4 Å². The summed E-state index contributed by atoms with van der Waals surface area (Å²) in [4.78, 5) is 0. The van der Waals surface area contributed by atoms with Crippen molar-refractivity contribution < 1.29 is 0 Å². The highest BCUT2D eigenvalue weighted by Gasteiger charge is 2.30. The summed E-state index contributed by atoms with van der Waals surface area (Å²) in [6.07, 6.45) is 13.5. The standard InChI is InChI=1S/C13H23N/c1-5-12-6-2-10(1)9-11-3-7-13(14-12)8-4-11/h10-14H,1-9H2. The SMILES string of the molecule is C1CC2CCC1CC1CCC(CC1)N2. The van der Waals surface area contributed by atoms with Crippen molar-refractivity contribution in [1.82, 2.24) is 5.32 Å². The molecular weight excluding hydrogens is 170 g/mol. The van der Waals surface area contributed by atoms with E-state index in [-0.39, 0.29) is 0 Å². The molecule has 0 radical (unpaired) electrons. The zero-order valence-corrected chi connectivity index (χ0v) is 9.17.